The van der Waals surface area contributed by atoms with Crippen LogP contribution in [-0.2, 0) is 61.6 Å². The molecule has 0 rings (SSSR count). The van der Waals surface area contributed by atoms with Crippen LogP contribution in [0.25, 0.3) is 0 Å². The lowest BCUT2D eigenvalue weighted by atomic mass is 10.1. The van der Waals surface area contributed by atoms with Gasteiger partial charge in [0, 0.05) is 0 Å². The van der Waals surface area contributed by atoms with Crippen molar-refractivity contribution in [2.45, 2.75) is 111 Å². The number of rotatable bonds is 58. The van der Waals surface area contributed by atoms with Crippen molar-refractivity contribution in [3.8, 4) is 0 Å². The Morgan fingerprint density at radius 1 is 0.184 bits per heavy atom. The Morgan fingerprint density at radius 3 is 0.645 bits per heavy atom. The molecule has 0 fully saturated rings. The van der Waals surface area contributed by atoms with Gasteiger partial charge in [0.05, 0.1) is 197 Å². The summed E-state index contributed by atoms with van der Waals surface area (Å²) in [6.07, 6.45) is -14.9. The van der Waals surface area contributed by atoms with Crippen LogP contribution >= 0.6 is 0 Å². The highest BCUT2D eigenvalue weighted by Gasteiger charge is 2.23. The van der Waals surface area contributed by atoms with Crippen LogP contribution in [0.3, 0.4) is 0 Å². The second-order valence-electron chi connectivity index (χ2n) is 17.9. The minimum Gasteiger partial charge on any atom is -0.394 e. The number of aliphatic hydroxyl groups excluding tert-OH is 17. The van der Waals surface area contributed by atoms with Crippen molar-refractivity contribution in [2.24, 2.45) is 0 Å². The molecule has 0 radical (unpaired) electrons. The highest BCUT2D eigenvalue weighted by atomic mass is 16.6. The monoisotopic (exact) mass is 1130 g/mol. The van der Waals surface area contributed by atoms with Crippen molar-refractivity contribution >= 4 is 0 Å². The maximum atomic E-state index is 10.9. The van der Waals surface area contributed by atoms with Crippen LogP contribution in [0, 0.1) is 0 Å². The van der Waals surface area contributed by atoms with Gasteiger partial charge in [-0.2, -0.15) is 0 Å². The summed E-state index contributed by atoms with van der Waals surface area (Å²) in [5.41, 5.74) is 0. The number of aliphatic hydroxyl groups is 17. The summed E-state index contributed by atoms with van der Waals surface area (Å²) in [5.74, 6) is 0. The zero-order chi connectivity index (χ0) is 56.8. The van der Waals surface area contributed by atoms with Gasteiger partial charge in [0.2, 0.25) is 0 Å². The lowest BCUT2D eigenvalue weighted by Crippen LogP contribution is -2.38. The Bertz CT molecular complexity index is 1210. The van der Waals surface area contributed by atoms with E-state index in [4.69, 9.17) is 76.9 Å². The van der Waals surface area contributed by atoms with Gasteiger partial charge in [-0.1, -0.05) is 0 Å². The fraction of sp³-hybridized carbons (Fsp3) is 1.00. The molecule has 0 saturated carbocycles. The topological polar surface area (TPSA) is 464 Å². The molecule has 14 unspecified atom stereocenters. The molecule has 0 aliphatic rings. The Labute approximate surface area is 443 Å². The average Bonchev–Trinajstić information content (AvgIpc) is 3.40. The first kappa shape index (κ1) is 74.8. The summed E-state index contributed by atoms with van der Waals surface area (Å²) >= 11 is 0. The second-order valence-corrected chi connectivity index (χ2v) is 17.9. The third-order valence-corrected chi connectivity index (χ3v) is 9.97. The van der Waals surface area contributed by atoms with Crippen LogP contribution in [0.4, 0.5) is 0 Å². The van der Waals surface area contributed by atoms with Crippen molar-refractivity contribution in [3.05, 3.63) is 0 Å². The van der Waals surface area contributed by atoms with Crippen molar-refractivity contribution < 1.29 is 148 Å². The predicted molar refractivity (Wildman–Crippen MR) is 259 cm³/mol. The summed E-state index contributed by atoms with van der Waals surface area (Å²) in [5, 5.41) is 164. The van der Waals surface area contributed by atoms with E-state index in [0.29, 0.717) is 19.3 Å². The smallest absolute Gasteiger partial charge is 0.104 e. The molecule has 0 aliphatic carbocycles. The van der Waals surface area contributed by atoms with Crippen molar-refractivity contribution in [1.29, 1.82) is 0 Å². The maximum Gasteiger partial charge on any atom is 0.104 e. The number of ether oxygens (including phenoxy) is 13. The molecule has 30 heteroatoms. The van der Waals surface area contributed by atoms with Crippen LogP contribution in [0.2, 0.25) is 0 Å². The summed E-state index contributed by atoms with van der Waals surface area (Å²) < 4.78 is 72.7. The fourth-order valence-electron chi connectivity index (χ4n) is 5.81. The molecular weight excluding hydrogens is 1030 g/mol. The van der Waals surface area contributed by atoms with E-state index in [2.05, 4.69) is 0 Å². The minimum absolute atomic E-state index is 0.113. The van der Waals surface area contributed by atoms with Crippen LogP contribution < -0.4 is 0 Å². The molecule has 0 saturated heterocycles. The van der Waals surface area contributed by atoms with Crippen LogP contribution in [-0.4, -0.2) is 363 Å². The van der Waals surface area contributed by atoms with Gasteiger partial charge in [0.1, 0.15) is 79.4 Å². The van der Waals surface area contributed by atoms with Gasteiger partial charge in [0.25, 0.3) is 0 Å². The Balaban J connectivity index is 5.77. The molecule has 0 bridgehead atoms. The van der Waals surface area contributed by atoms with E-state index < -0.39 is 131 Å². The molecular formula is C46H94O30. The third kappa shape index (κ3) is 45.5. The first-order valence-electron chi connectivity index (χ1n) is 25.3. The highest BCUT2D eigenvalue weighted by molar-refractivity contribution is 4.68. The Hall–Kier alpha value is -1.20. The van der Waals surface area contributed by atoms with Crippen molar-refractivity contribution in [1.82, 2.24) is 0 Å². The zero-order valence-corrected chi connectivity index (χ0v) is 43.5. The molecule has 76 heavy (non-hydrogen) atoms. The zero-order valence-electron chi connectivity index (χ0n) is 43.5. The quantitative estimate of drug-likeness (QED) is 0.0269. The van der Waals surface area contributed by atoms with Gasteiger partial charge in [-0.3, -0.25) is 0 Å². The Kier molecular flexibility index (Phi) is 49.9. The predicted octanol–water partition coefficient (Wildman–Crippen LogP) is -9.23. The lowest BCUT2D eigenvalue weighted by Gasteiger charge is -2.26. The molecule has 0 aromatic carbocycles. The summed E-state index contributed by atoms with van der Waals surface area (Å²) in [7, 11) is 0. The second kappa shape index (κ2) is 50.7. The lowest BCUT2D eigenvalue weighted by molar-refractivity contribution is -0.143. The van der Waals surface area contributed by atoms with E-state index in [1.54, 1.807) is 0 Å². The Morgan fingerprint density at radius 2 is 0.368 bits per heavy atom. The van der Waals surface area contributed by atoms with E-state index >= 15 is 0 Å². The van der Waals surface area contributed by atoms with E-state index in [1.807, 2.05) is 0 Å². The van der Waals surface area contributed by atoms with Crippen molar-refractivity contribution in [3.63, 3.8) is 0 Å². The van der Waals surface area contributed by atoms with E-state index in [1.165, 1.54) is 0 Å². The molecule has 0 amide bonds. The summed E-state index contributed by atoms with van der Waals surface area (Å²) in [6, 6.07) is 0. The standard InChI is InChI=1S/C46H94O30/c47-4-32(53)2-1-3-33(54)10-64-18-40(61)21-74-44(25-68-13-36(57)7-50)29-72-30-46(31-76-45(27-69-14-37(58)8-51)28-70-15-38(59)9-52)75-23-42(63)20-71-26-43(24-67-12-35(56)6-49)73-22-41(62)19-66-17-39(60)16-65-11-34(55)5-48/h32-63H,1-31H2. The molecule has 14 atom stereocenters. The normalized spacial score (nSPS) is 18.3. The number of hydrogen-bond donors (Lipinski definition) is 17. The molecule has 0 aromatic rings. The first-order valence-corrected chi connectivity index (χ1v) is 25.3. The fourth-order valence-corrected chi connectivity index (χ4v) is 5.81. The molecule has 0 spiro atoms. The largest absolute Gasteiger partial charge is 0.394 e. The van der Waals surface area contributed by atoms with Crippen LogP contribution in [0.1, 0.15) is 19.3 Å². The molecule has 0 heterocycles. The van der Waals surface area contributed by atoms with Gasteiger partial charge in [-0.15, -0.1) is 0 Å². The highest BCUT2D eigenvalue weighted by Crippen LogP contribution is 2.09. The van der Waals surface area contributed by atoms with E-state index in [0.717, 1.165) is 0 Å². The van der Waals surface area contributed by atoms with Gasteiger partial charge >= 0.3 is 0 Å². The van der Waals surface area contributed by atoms with Gasteiger partial charge in [-0.05, 0) is 19.3 Å². The summed E-state index contributed by atoms with van der Waals surface area (Å²) in [4.78, 5) is 0. The number of hydrogen-bond acceptors (Lipinski definition) is 30. The molecule has 0 aliphatic heterocycles. The minimum atomic E-state index is -1.28. The van der Waals surface area contributed by atoms with Gasteiger partial charge < -0.3 is 148 Å². The van der Waals surface area contributed by atoms with Crippen LogP contribution in [0.5, 0.6) is 0 Å². The van der Waals surface area contributed by atoms with Gasteiger partial charge in [0.15, 0.2) is 0 Å². The maximum absolute atomic E-state index is 10.9. The third-order valence-electron chi connectivity index (χ3n) is 9.97. The van der Waals surface area contributed by atoms with E-state index in [-0.39, 0.29) is 145 Å². The molecule has 458 valence electrons. The summed E-state index contributed by atoms with van der Waals surface area (Å²) in [6.45, 7) is -8.29. The van der Waals surface area contributed by atoms with Crippen LogP contribution in [0.15, 0.2) is 0 Å². The van der Waals surface area contributed by atoms with Crippen molar-refractivity contribution in [2.75, 3.05) is 185 Å². The molecule has 0 aromatic heterocycles. The van der Waals surface area contributed by atoms with E-state index in [9.17, 15) is 71.5 Å². The first-order chi connectivity index (χ1) is 36.5. The molecule has 30 nitrogen and oxygen atoms in total. The SMILES string of the molecule is OCC(O)CCCC(O)COCC(O)COC(COCC(O)CO)COCC(COC(COCC(O)CO)COCC(O)CO)OCC(O)COCC(COCC(O)CO)OCC(O)COCC(O)COCC(O)CO. The van der Waals surface area contributed by atoms with Gasteiger partial charge in [-0.25, -0.2) is 0 Å². The molecule has 17 N–H and O–H groups in total. The average molecular weight is 1130 g/mol.